The number of hydrogen-bond acceptors (Lipinski definition) is 4. The minimum absolute atomic E-state index is 0.649. The Morgan fingerprint density at radius 2 is 2.18 bits per heavy atom. The Bertz CT molecular complexity index is 530. The van der Waals surface area contributed by atoms with Gasteiger partial charge in [0.05, 0.1) is 23.6 Å². The van der Waals surface area contributed by atoms with Crippen LogP contribution in [0.4, 0.5) is 11.5 Å². The summed E-state index contributed by atoms with van der Waals surface area (Å²) in [6.45, 7) is 4.59. The van der Waals surface area contributed by atoms with Gasteiger partial charge in [0.25, 0.3) is 0 Å². The Hall–Kier alpha value is -2.04. The molecule has 0 aromatic carbocycles. The van der Waals surface area contributed by atoms with E-state index < -0.39 is 0 Å². The molecule has 0 saturated heterocycles. The van der Waals surface area contributed by atoms with E-state index in [1.807, 2.05) is 33.0 Å². The predicted molar refractivity (Wildman–Crippen MR) is 68.7 cm³/mol. The van der Waals surface area contributed by atoms with E-state index in [0.29, 0.717) is 12.2 Å². The molecular formula is C12H17N5. The lowest BCUT2D eigenvalue weighted by Gasteiger charge is -2.08. The van der Waals surface area contributed by atoms with Crippen LogP contribution in [0.25, 0.3) is 0 Å². The fraction of sp³-hybridized carbons (Fsp3) is 0.333. The number of aryl methyl sites for hydroxylation is 3. The maximum absolute atomic E-state index is 5.94. The van der Waals surface area contributed by atoms with Gasteiger partial charge in [0.2, 0.25) is 0 Å². The van der Waals surface area contributed by atoms with Crippen LogP contribution in [0.1, 0.15) is 17.0 Å². The zero-order chi connectivity index (χ0) is 12.4. The Morgan fingerprint density at radius 3 is 2.76 bits per heavy atom. The highest BCUT2D eigenvalue weighted by Crippen LogP contribution is 2.21. The van der Waals surface area contributed by atoms with E-state index in [-0.39, 0.29) is 0 Å². The quantitative estimate of drug-likeness (QED) is 0.842. The van der Waals surface area contributed by atoms with E-state index in [2.05, 4.69) is 15.4 Å². The summed E-state index contributed by atoms with van der Waals surface area (Å²) in [5.41, 5.74) is 9.66. The van der Waals surface area contributed by atoms with Gasteiger partial charge in [-0.3, -0.25) is 9.67 Å². The van der Waals surface area contributed by atoms with E-state index in [1.54, 1.807) is 10.9 Å². The summed E-state index contributed by atoms with van der Waals surface area (Å²) in [5, 5.41) is 7.53. The van der Waals surface area contributed by atoms with E-state index >= 15 is 0 Å². The highest BCUT2D eigenvalue weighted by atomic mass is 15.3. The summed E-state index contributed by atoms with van der Waals surface area (Å²) in [7, 11) is 1.87. The first-order chi connectivity index (χ1) is 8.09. The number of hydrogen-bond donors (Lipinski definition) is 2. The molecule has 0 amide bonds. The molecule has 2 heterocycles. The molecule has 0 aliphatic carbocycles. The Balaban J connectivity index is 2.15. The minimum atomic E-state index is 0.649. The molecule has 0 unspecified atom stereocenters. The van der Waals surface area contributed by atoms with Crippen molar-refractivity contribution >= 4 is 11.5 Å². The van der Waals surface area contributed by atoms with Crippen LogP contribution in [0.15, 0.2) is 18.3 Å². The fourth-order valence-corrected chi connectivity index (χ4v) is 1.76. The zero-order valence-electron chi connectivity index (χ0n) is 10.4. The monoisotopic (exact) mass is 231 g/mol. The molecule has 0 saturated carbocycles. The minimum Gasteiger partial charge on any atom is -0.394 e. The predicted octanol–water partition coefficient (Wildman–Crippen LogP) is 1.63. The average molecular weight is 231 g/mol. The molecule has 5 heteroatoms. The second-order valence-corrected chi connectivity index (χ2v) is 4.09. The number of aromatic nitrogens is 3. The SMILES string of the molecule is Cc1cccnc1CNc1c(N)c(C)nn1C. The zero-order valence-corrected chi connectivity index (χ0v) is 10.4. The summed E-state index contributed by atoms with van der Waals surface area (Å²) < 4.78 is 1.75. The van der Waals surface area contributed by atoms with Crippen LogP contribution in [-0.2, 0) is 13.6 Å². The van der Waals surface area contributed by atoms with E-state index in [1.165, 1.54) is 0 Å². The highest BCUT2D eigenvalue weighted by Gasteiger charge is 2.09. The largest absolute Gasteiger partial charge is 0.394 e. The van der Waals surface area contributed by atoms with Gasteiger partial charge in [0, 0.05) is 13.2 Å². The third-order valence-corrected chi connectivity index (χ3v) is 2.81. The van der Waals surface area contributed by atoms with Crippen LogP contribution in [0, 0.1) is 13.8 Å². The smallest absolute Gasteiger partial charge is 0.148 e. The number of pyridine rings is 1. The number of anilines is 2. The van der Waals surface area contributed by atoms with Gasteiger partial charge >= 0.3 is 0 Å². The molecule has 17 heavy (non-hydrogen) atoms. The number of nitrogens with zero attached hydrogens (tertiary/aromatic N) is 3. The first-order valence-electron chi connectivity index (χ1n) is 5.53. The van der Waals surface area contributed by atoms with Gasteiger partial charge in [-0.1, -0.05) is 6.07 Å². The molecule has 0 aliphatic heterocycles. The standard InChI is InChI=1S/C12H17N5/c1-8-5-4-6-14-10(8)7-15-12-11(13)9(2)16-17(12)3/h4-6,15H,7,13H2,1-3H3. The maximum Gasteiger partial charge on any atom is 0.148 e. The Kier molecular flexibility index (Phi) is 2.99. The third-order valence-electron chi connectivity index (χ3n) is 2.81. The average Bonchev–Trinajstić information content (AvgIpc) is 2.53. The lowest BCUT2D eigenvalue weighted by molar-refractivity contribution is 0.756. The molecule has 5 nitrogen and oxygen atoms in total. The number of nitrogen functional groups attached to an aromatic ring is 1. The molecule has 0 radical (unpaired) electrons. The van der Waals surface area contributed by atoms with Crippen molar-refractivity contribution in [1.82, 2.24) is 14.8 Å². The summed E-state index contributed by atoms with van der Waals surface area (Å²) in [4.78, 5) is 4.33. The lowest BCUT2D eigenvalue weighted by atomic mass is 10.2. The summed E-state index contributed by atoms with van der Waals surface area (Å²) >= 11 is 0. The summed E-state index contributed by atoms with van der Waals surface area (Å²) in [6, 6.07) is 3.98. The van der Waals surface area contributed by atoms with Crippen molar-refractivity contribution in [2.45, 2.75) is 20.4 Å². The molecule has 90 valence electrons. The van der Waals surface area contributed by atoms with E-state index in [9.17, 15) is 0 Å². The molecule has 0 fully saturated rings. The van der Waals surface area contributed by atoms with Crippen LogP contribution in [0.3, 0.4) is 0 Å². The van der Waals surface area contributed by atoms with Crippen molar-refractivity contribution in [3.63, 3.8) is 0 Å². The first kappa shape index (κ1) is 11.4. The van der Waals surface area contributed by atoms with Crippen LogP contribution in [-0.4, -0.2) is 14.8 Å². The molecule has 3 N–H and O–H groups in total. The van der Waals surface area contributed by atoms with Gasteiger partial charge in [-0.2, -0.15) is 5.10 Å². The van der Waals surface area contributed by atoms with E-state index in [0.717, 1.165) is 22.8 Å². The molecule has 0 atom stereocenters. The van der Waals surface area contributed by atoms with Crippen LogP contribution in [0.5, 0.6) is 0 Å². The van der Waals surface area contributed by atoms with Crippen molar-refractivity contribution in [3.05, 3.63) is 35.3 Å². The van der Waals surface area contributed by atoms with Gasteiger partial charge < -0.3 is 11.1 Å². The summed E-state index contributed by atoms with van der Waals surface area (Å²) in [5.74, 6) is 0.840. The second kappa shape index (κ2) is 4.45. The molecule has 2 rings (SSSR count). The third kappa shape index (κ3) is 2.22. The fourth-order valence-electron chi connectivity index (χ4n) is 1.76. The van der Waals surface area contributed by atoms with Crippen molar-refractivity contribution in [1.29, 1.82) is 0 Å². The molecule has 0 aliphatic rings. The van der Waals surface area contributed by atoms with Gasteiger partial charge in [-0.25, -0.2) is 0 Å². The maximum atomic E-state index is 5.94. The molecular weight excluding hydrogens is 214 g/mol. The number of nitrogens with two attached hydrogens (primary N) is 1. The molecule has 2 aromatic rings. The van der Waals surface area contributed by atoms with E-state index in [4.69, 9.17) is 5.73 Å². The lowest BCUT2D eigenvalue weighted by Crippen LogP contribution is -2.08. The number of rotatable bonds is 3. The van der Waals surface area contributed by atoms with Crippen molar-refractivity contribution in [3.8, 4) is 0 Å². The van der Waals surface area contributed by atoms with Gasteiger partial charge in [-0.15, -0.1) is 0 Å². The molecule has 0 bridgehead atoms. The number of nitrogens with one attached hydrogen (secondary N) is 1. The van der Waals surface area contributed by atoms with Crippen LogP contribution < -0.4 is 11.1 Å². The second-order valence-electron chi connectivity index (χ2n) is 4.09. The molecule has 2 aromatic heterocycles. The summed E-state index contributed by atoms with van der Waals surface area (Å²) in [6.07, 6.45) is 1.79. The Morgan fingerprint density at radius 1 is 1.41 bits per heavy atom. The topological polar surface area (TPSA) is 68.8 Å². The normalized spacial score (nSPS) is 10.5. The Labute approximate surface area is 101 Å². The van der Waals surface area contributed by atoms with Crippen LogP contribution in [0.2, 0.25) is 0 Å². The van der Waals surface area contributed by atoms with Gasteiger partial charge in [0.15, 0.2) is 0 Å². The molecule has 0 spiro atoms. The van der Waals surface area contributed by atoms with Crippen LogP contribution >= 0.6 is 0 Å². The van der Waals surface area contributed by atoms with Crippen molar-refractivity contribution < 1.29 is 0 Å². The van der Waals surface area contributed by atoms with Crippen molar-refractivity contribution in [2.75, 3.05) is 11.1 Å². The van der Waals surface area contributed by atoms with Gasteiger partial charge in [0.1, 0.15) is 5.82 Å². The first-order valence-corrected chi connectivity index (χ1v) is 5.53. The highest BCUT2D eigenvalue weighted by molar-refractivity contribution is 5.64. The van der Waals surface area contributed by atoms with Crippen molar-refractivity contribution in [2.24, 2.45) is 7.05 Å². The van der Waals surface area contributed by atoms with Gasteiger partial charge in [-0.05, 0) is 25.5 Å².